The summed E-state index contributed by atoms with van der Waals surface area (Å²) in [4.78, 5) is 52.4. The number of hydrogen-bond acceptors (Lipinski definition) is 14. The lowest BCUT2D eigenvalue weighted by Gasteiger charge is -2.22. The fraction of sp³-hybridized carbons (Fsp3) is 0.174. The Hall–Kier alpha value is -7.74. The number of azo groups is 2. The van der Waals surface area contributed by atoms with Crippen LogP contribution >= 0.6 is 0 Å². The first-order valence-electron chi connectivity index (χ1n) is 19.0. The van der Waals surface area contributed by atoms with E-state index in [1.807, 2.05) is 62.4 Å². The van der Waals surface area contributed by atoms with Gasteiger partial charge in [0, 0.05) is 36.6 Å². The summed E-state index contributed by atoms with van der Waals surface area (Å²) >= 11 is 0. The van der Waals surface area contributed by atoms with Crippen molar-refractivity contribution in [1.82, 2.24) is 0 Å². The van der Waals surface area contributed by atoms with Crippen LogP contribution in [0, 0.1) is 0 Å². The fourth-order valence-corrected chi connectivity index (χ4v) is 5.50. The molecule has 0 heterocycles. The van der Waals surface area contributed by atoms with E-state index in [1.165, 1.54) is 24.3 Å². The highest BCUT2D eigenvalue weighted by atomic mass is 16.5. The molecule has 14 heteroatoms. The molecule has 0 aromatic heterocycles. The van der Waals surface area contributed by atoms with Gasteiger partial charge in [0.15, 0.2) is 0 Å². The lowest BCUT2D eigenvalue weighted by Crippen LogP contribution is -2.27. The summed E-state index contributed by atoms with van der Waals surface area (Å²) < 4.78 is 21.2. The molecule has 14 nitrogen and oxygen atoms in total. The van der Waals surface area contributed by atoms with Gasteiger partial charge >= 0.3 is 23.9 Å². The molecule has 0 fully saturated rings. The van der Waals surface area contributed by atoms with Crippen LogP contribution in [0.1, 0.15) is 34.6 Å². The van der Waals surface area contributed by atoms with Crippen molar-refractivity contribution in [2.45, 2.75) is 13.8 Å². The summed E-state index contributed by atoms with van der Waals surface area (Å²) in [5.41, 5.74) is 4.92. The number of ether oxygens (including phenoxy) is 4. The van der Waals surface area contributed by atoms with Crippen molar-refractivity contribution in [3.63, 3.8) is 0 Å². The van der Waals surface area contributed by atoms with E-state index in [-0.39, 0.29) is 24.7 Å². The smallest absolute Gasteiger partial charge is 0.343 e. The largest absolute Gasteiger partial charge is 0.461 e. The Morgan fingerprint density at radius 3 is 1.07 bits per heavy atom. The number of hydrogen-bond donors (Lipinski definition) is 0. The normalized spacial score (nSPS) is 10.8. The number of carbonyl (C=O) groups is 4. The molecule has 60 heavy (non-hydrogen) atoms. The van der Waals surface area contributed by atoms with E-state index in [1.54, 1.807) is 48.5 Å². The molecule has 0 amide bonds. The first kappa shape index (κ1) is 43.4. The molecule has 306 valence electrons. The van der Waals surface area contributed by atoms with Crippen molar-refractivity contribution < 1.29 is 38.1 Å². The molecule has 0 saturated heterocycles. The maximum Gasteiger partial charge on any atom is 0.343 e. The van der Waals surface area contributed by atoms with Crippen molar-refractivity contribution in [2.75, 3.05) is 49.2 Å². The number of likely N-dealkylation sites (N-methyl/N-ethyl adjacent to an activating group) is 2. The lowest BCUT2D eigenvalue weighted by atomic mass is 10.2. The van der Waals surface area contributed by atoms with E-state index in [9.17, 15) is 19.2 Å². The number of esters is 4. The number of anilines is 2. The summed E-state index contributed by atoms with van der Waals surface area (Å²) in [6.45, 7) is 13.9. The second-order valence-corrected chi connectivity index (χ2v) is 12.7. The zero-order valence-corrected chi connectivity index (χ0v) is 33.3. The van der Waals surface area contributed by atoms with E-state index in [0.29, 0.717) is 47.0 Å². The molecular weight excluding hydrogens is 765 g/mol. The molecule has 0 spiro atoms. The van der Waals surface area contributed by atoms with Gasteiger partial charge in [0.1, 0.15) is 24.7 Å². The summed E-state index contributed by atoms with van der Waals surface area (Å²) in [7, 11) is 0. The van der Waals surface area contributed by atoms with Gasteiger partial charge in [-0.15, -0.1) is 0 Å². The first-order valence-corrected chi connectivity index (χ1v) is 19.0. The number of carbonyl (C=O) groups excluding carboxylic acids is 4. The van der Waals surface area contributed by atoms with Crippen LogP contribution < -0.4 is 19.3 Å². The highest BCUT2D eigenvalue weighted by Gasteiger charge is 2.12. The SMILES string of the molecule is C=CC(=O)OCCN(CC)c1ccc(N=Nc2ccc(C(=O)Oc3ccc(OC(=O)c4ccc(N=Nc5ccc(N(CC)CCOC(=O)C=C)cc5)cc4)cc3)cc2)cc1. The van der Waals surface area contributed by atoms with Crippen LogP contribution in [-0.4, -0.2) is 63.3 Å². The van der Waals surface area contributed by atoms with Crippen LogP contribution in [-0.2, 0) is 19.1 Å². The van der Waals surface area contributed by atoms with Gasteiger partial charge in [-0.2, -0.15) is 20.5 Å². The lowest BCUT2D eigenvalue weighted by molar-refractivity contribution is -0.138. The van der Waals surface area contributed by atoms with Crippen molar-refractivity contribution in [2.24, 2.45) is 20.5 Å². The van der Waals surface area contributed by atoms with E-state index in [0.717, 1.165) is 36.6 Å². The second kappa shape index (κ2) is 22.3. The van der Waals surface area contributed by atoms with Gasteiger partial charge in [-0.1, -0.05) is 13.2 Å². The van der Waals surface area contributed by atoms with Crippen LogP contribution in [0.15, 0.2) is 167 Å². The van der Waals surface area contributed by atoms with Crippen LogP contribution in [0.5, 0.6) is 11.5 Å². The minimum Gasteiger partial charge on any atom is -0.461 e. The number of rotatable bonds is 20. The predicted molar refractivity (Wildman–Crippen MR) is 229 cm³/mol. The monoisotopic (exact) mass is 808 g/mol. The van der Waals surface area contributed by atoms with E-state index >= 15 is 0 Å². The van der Waals surface area contributed by atoms with Gasteiger partial charge < -0.3 is 28.7 Å². The predicted octanol–water partition coefficient (Wildman–Crippen LogP) is 10.1. The molecule has 0 N–H and O–H groups in total. The summed E-state index contributed by atoms with van der Waals surface area (Å²) in [6.07, 6.45) is 2.28. The van der Waals surface area contributed by atoms with Crippen LogP contribution in [0.4, 0.5) is 34.1 Å². The van der Waals surface area contributed by atoms with Gasteiger partial charge in [-0.05, 0) is 135 Å². The Morgan fingerprint density at radius 2 is 0.783 bits per heavy atom. The standard InChI is InChI=1S/C46H44N6O8/c1-5-43(53)57-31-29-51(7-3)39-21-17-37(18-22-39)49-47-35-13-9-33(10-14-35)45(55)59-41-25-27-42(28-26-41)60-46(56)34-11-15-36(16-12-34)48-50-38-19-23-40(24-20-38)52(8-4)30-32-58-44(54)6-2/h5-6,9-28H,1-2,7-8,29-32H2,3-4H3. The Kier molecular flexibility index (Phi) is 16.1. The summed E-state index contributed by atoms with van der Waals surface area (Å²) in [5, 5.41) is 17.1. The fourth-order valence-electron chi connectivity index (χ4n) is 5.50. The van der Waals surface area contributed by atoms with E-state index < -0.39 is 23.9 Å². The zero-order valence-electron chi connectivity index (χ0n) is 33.3. The average Bonchev–Trinajstić information content (AvgIpc) is 3.29. The third-order valence-electron chi connectivity index (χ3n) is 8.75. The second-order valence-electron chi connectivity index (χ2n) is 12.7. The molecule has 0 unspecified atom stereocenters. The molecule has 0 bridgehead atoms. The minimum atomic E-state index is -0.573. The number of nitrogens with zero attached hydrogens (tertiary/aromatic N) is 6. The quantitative estimate of drug-likeness (QED) is 0.0320. The first-order chi connectivity index (χ1) is 29.2. The molecule has 0 aliphatic carbocycles. The highest BCUT2D eigenvalue weighted by Crippen LogP contribution is 2.26. The molecule has 5 aromatic rings. The van der Waals surface area contributed by atoms with Crippen LogP contribution in [0.3, 0.4) is 0 Å². The molecule has 0 aliphatic heterocycles. The molecule has 0 aliphatic rings. The molecule has 5 rings (SSSR count). The Balaban J connectivity index is 1.06. The van der Waals surface area contributed by atoms with Gasteiger partial charge in [0.2, 0.25) is 0 Å². The molecule has 5 aromatic carbocycles. The van der Waals surface area contributed by atoms with Crippen molar-refractivity contribution >= 4 is 58.0 Å². The third kappa shape index (κ3) is 13.2. The number of benzene rings is 5. The minimum absolute atomic E-state index is 0.252. The Labute approximate surface area is 348 Å². The van der Waals surface area contributed by atoms with Gasteiger partial charge in [0.05, 0.1) is 47.0 Å². The Bertz CT molecular complexity index is 2130. The third-order valence-corrected chi connectivity index (χ3v) is 8.75. The van der Waals surface area contributed by atoms with E-state index in [4.69, 9.17) is 18.9 Å². The van der Waals surface area contributed by atoms with Gasteiger partial charge in [-0.25, -0.2) is 19.2 Å². The summed E-state index contributed by atoms with van der Waals surface area (Å²) in [5.74, 6) is -1.51. The van der Waals surface area contributed by atoms with E-state index in [2.05, 4.69) is 43.4 Å². The maximum absolute atomic E-state index is 12.8. The highest BCUT2D eigenvalue weighted by molar-refractivity contribution is 5.92. The van der Waals surface area contributed by atoms with Crippen molar-refractivity contribution in [3.05, 3.63) is 158 Å². The Morgan fingerprint density at radius 1 is 0.483 bits per heavy atom. The van der Waals surface area contributed by atoms with Crippen LogP contribution in [0.2, 0.25) is 0 Å². The summed E-state index contributed by atoms with van der Waals surface area (Å²) in [6, 6.07) is 34.1. The average molecular weight is 809 g/mol. The molecular formula is C46H44N6O8. The molecule has 0 saturated carbocycles. The van der Waals surface area contributed by atoms with Crippen molar-refractivity contribution in [1.29, 1.82) is 0 Å². The molecule has 0 radical (unpaired) electrons. The maximum atomic E-state index is 12.8. The van der Waals surface area contributed by atoms with Crippen molar-refractivity contribution in [3.8, 4) is 11.5 Å². The van der Waals surface area contributed by atoms with Gasteiger partial charge in [0.25, 0.3) is 0 Å². The van der Waals surface area contributed by atoms with Gasteiger partial charge in [-0.3, -0.25) is 0 Å². The topological polar surface area (TPSA) is 161 Å². The molecule has 0 atom stereocenters. The van der Waals surface area contributed by atoms with Crippen LogP contribution in [0.25, 0.3) is 0 Å². The zero-order chi connectivity index (χ0) is 42.7.